The predicted molar refractivity (Wildman–Crippen MR) is 119 cm³/mol. The Morgan fingerprint density at radius 3 is 2.36 bits per heavy atom. The van der Waals surface area contributed by atoms with E-state index >= 15 is 0 Å². The van der Waals surface area contributed by atoms with Crippen LogP contribution in [0.2, 0.25) is 0 Å². The highest BCUT2D eigenvalue weighted by atomic mass is 19.4. The largest absolute Gasteiger partial charge is 0.490 e. The van der Waals surface area contributed by atoms with Crippen molar-refractivity contribution in [1.82, 2.24) is 24.2 Å². The summed E-state index contributed by atoms with van der Waals surface area (Å²) in [6.45, 7) is 3.95. The van der Waals surface area contributed by atoms with E-state index in [1.807, 2.05) is 29.1 Å². The van der Waals surface area contributed by atoms with Gasteiger partial charge in [-0.05, 0) is 44.8 Å². The van der Waals surface area contributed by atoms with E-state index < -0.39 is 12.1 Å². The van der Waals surface area contributed by atoms with Crippen LogP contribution in [0.4, 0.5) is 13.2 Å². The van der Waals surface area contributed by atoms with Crippen molar-refractivity contribution in [2.45, 2.75) is 19.6 Å². The minimum absolute atomic E-state index is 0.887. The Hall–Kier alpha value is -3.66. The monoisotopic (exact) mass is 459 g/mol. The summed E-state index contributed by atoms with van der Waals surface area (Å²) in [5, 5.41) is 11.7. The molecule has 0 atom stereocenters. The number of aliphatic carboxylic acids is 1. The van der Waals surface area contributed by atoms with E-state index in [2.05, 4.69) is 72.1 Å². The summed E-state index contributed by atoms with van der Waals surface area (Å²) in [4.78, 5) is 16.0. The predicted octanol–water partition coefficient (Wildman–Crippen LogP) is 4.39. The average Bonchev–Trinajstić information content (AvgIpc) is 3.37. The highest BCUT2D eigenvalue weighted by Crippen LogP contribution is 2.25. The Kier molecular flexibility index (Phi) is 7.17. The number of hydrogen-bond acceptors (Lipinski definition) is 4. The number of hydrogen-bond donors (Lipinski definition) is 1. The third-order valence-corrected chi connectivity index (χ3v) is 4.87. The maximum absolute atomic E-state index is 10.6. The number of benzene rings is 2. The molecule has 0 bridgehead atoms. The summed E-state index contributed by atoms with van der Waals surface area (Å²) in [6.07, 6.45) is -1.12. The molecule has 174 valence electrons. The molecule has 10 heteroatoms. The highest BCUT2D eigenvalue weighted by molar-refractivity contribution is 5.80. The summed E-state index contributed by atoms with van der Waals surface area (Å²) in [6, 6.07) is 16.6. The Labute approximate surface area is 188 Å². The second kappa shape index (κ2) is 9.86. The minimum Gasteiger partial charge on any atom is -0.475 e. The van der Waals surface area contributed by atoms with Gasteiger partial charge < -0.3 is 14.6 Å². The molecule has 0 saturated carbocycles. The first kappa shape index (κ1) is 24.0. The number of para-hydroxylation sites is 3. The number of imidazole rings is 1. The zero-order chi connectivity index (χ0) is 24.2. The van der Waals surface area contributed by atoms with Gasteiger partial charge in [-0.1, -0.05) is 30.3 Å². The summed E-state index contributed by atoms with van der Waals surface area (Å²) in [5.41, 5.74) is 5.50. The van der Waals surface area contributed by atoms with Crippen LogP contribution in [0.5, 0.6) is 0 Å². The van der Waals surface area contributed by atoms with Crippen molar-refractivity contribution in [3.8, 4) is 17.1 Å². The van der Waals surface area contributed by atoms with Gasteiger partial charge in [0.1, 0.15) is 5.82 Å². The number of alkyl halides is 3. The number of carboxylic acid groups (broad SMARTS) is 1. The van der Waals surface area contributed by atoms with Crippen LogP contribution in [0.15, 0.2) is 60.9 Å². The molecule has 7 nitrogen and oxygen atoms in total. The topological polar surface area (TPSA) is 76.2 Å². The van der Waals surface area contributed by atoms with Gasteiger partial charge in [0.25, 0.3) is 0 Å². The van der Waals surface area contributed by atoms with Gasteiger partial charge in [-0.25, -0.2) is 14.5 Å². The molecule has 4 rings (SSSR count). The van der Waals surface area contributed by atoms with Gasteiger partial charge in [0.2, 0.25) is 0 Å². The maximum Gasteiger partial charge on any atom is 0.490 e. The lowest BCUT2D eigenvalue weighted by Crippen LogP contribution is -2.21. The fourth-order valence-corrected chi connectivity index (χ4v) is 3.21. The smallest absolute Gasteiger partial charge is 0.475 e. The molecule has 0 aliphatic carbocycles. The molecular weight excluding hydrogens is 435 g/mol. The molecule has 2 aromatic heterocycles. The molecule has 2 aromatic carbocycles. The molecule has 0 aliphatic heterocycles. The van der Waals surface area contributed by atoms with Crippen LogP contribution < -0.4 is 0 Å². The first-order valence-electron chi connectivity index (χ1n) is 10.1. The molecule has 2 heterocycles. The number of halogens is 3. The van der Waals surface area contributed by atoms with Gasteiger partial charge in [0.05, 0.1) is 28.5 Å². The van der Waals surface area contributed by atoms with Crippen molar-refractivity contribution in [2.24, 2.45) is 0 Å². The lowest BCUT2D eigenvalue weighted by Gasteiger charge is -2.12. The number of likely N-dealkylation sites (N-methyl/N-ethyl adjacent to an activating group) is 1. The van der Waals surface area contributed by atoms with Gasteiger partial charge in [-0.3, -0.25) is 0 Å². The van der Waals surface area contributed by atoms with Crippen LogP contribution in [-0.4, -0.2) is 62.1 Å². The lowest BCUT2D eigenvalue weighted by atomic mass is 10.2. The van der Waals surface area contributed by atoms with Crippen molar-refractivity contribution in [3.05, 3.63) is 66.5 Å². The van der Waals surface area contributed by atoms with Gasteiger partial charge in [0, 0.05) is 19.3 Å². The number of aromatic nitrogens is 4. The van der Waals surface area contributed by atoms with Gasteiger partial charge in [-0.2, -0.15) is 18.3 Å². The van der Waals surface area contributed by atoms with Crippen molar-refractivity contribution in [1.29, 1.82) is 0 Å². The number of rotatable bonds is 5. The minimum atomic E-state index is -5.08. The van der Waals surface area contributed by atoms with Crippen molar-refractivity contribution in [2.75, 3.05) is 20.6 Å². The van der Waals surface area contributed by atoms with E-state index in [-0.39, 0.29) is 0 Å². The number of carbonyl (C=O) groups is 1. The number of nitrogens with zero attached hydrogens (tertiary/aromatic N) is 5. The van der Waals surface area contributed by atoms with E-state index in [4.69, 9.17) is 14.9 Å². The van der Waals surface area contributed by atoms with Crippen molar-refractivity contribution >= 4 is 17.0 Å². The second-order valence-corrected chi connectivity index (χ2v) is 7.64. The van der Waals surface area contributed by atoms with Gasteiger partial charge in [-0.15, -0.1) is 0 Å². The first-order valence-corrected chi connectivity index (χ1v) is 10.1. The van der Waals surface area contributed by atoms with Crippen LogP contribution in [0.25, 0.3) is 28.1 Å². The Bertz CT molecular complexity index is 1240. The van der Waals surface area contributed by atoms with Crippen molar-refractivity contribution in [3.63, 3.8) is 0 Å². The zero-order valence-electron chi connectivity index (χ0n) is 18.4. The summed E-state index contributed by atoms with van der Waals surface area (Å²) in [7, 11) is 4.18. The molecular formula is C23H24F3N5O2. The highest BCUT2D eigenvalue weighted by Gasteiger charge is 2.38. The van der Waals surface area contributed by atoms with Gasteiger partial charge >= 0.3 is 12.1 Å². The lowest BCUT2D eigenvalue weighted by molar-refractivity contribution is -0.192. The molecule has 0 saturated heterocycles. The number of carboxylic acids is 1. The quantitative estimate of drug-likeness (QED) is 0.479. The van der Waals surface area contributed by atoms with Crippen LogP contribution in [-0.2, 0) is 11.3 Å². The van der Waals surface area contributed by atoms with E-state index in [1.54, 1.807) is 0 Å². The van der Waals surface area contributed by atoms with E-state index in [0.717, 1.165) is 41.2 Å². The Balaban J connectivity index is 0.000000383. The average molecular weight is 459 g/mol. The molecule has 0 unspecified atom stereocenters. The van der Waals surface area contributed by atoms with Crippen molar-refractivity contribution < 1.29 is 23.1 Å². The Morgan fingerprint density at radius 1 is 1.09 bits per heavy atom. The van der Waals surface area contributed by atoms with Gasteiger partial charge in [0.15, 0.2) is 0 Å². The molecule has 1 N–H and O–H groups in total. The van der Waals surface area contributed by atoms with E-state index in [9.17, 15) is 13.2 Å². The van der Waals surface area contributed by atoms with Crippen LogP contribution in [0.1, 0.15) is 5.56 Å². The molecule has 0 aliphatic rings. The number of fused-ring (bicyclic) bond motifs is 1. The second-order valence-electron chi connectivity index (χ2n) is 7.64. The summed E-state index contributed by atoms with van der Waals surface area (Å²) >= 11 is 0. The fraction of sp³-hybridized carbons (Fsp3) is 0.261. The summed E-state index contributed by atoms with van der Waals surface area (Å²) < 4.78 is 36.0. The molecule has 0 fully saturated rings. The zero-order valence-corrected chi connectivity index (χ0v) is 18.4. The third kappa shape index (κ3) is 5.78. The van der Waals surface area contributed by atoms with E-state index in [0.29, 0.717) is 0 Å². The molecule has 0 spiro atoms. The SMILES string of the molecule is Cc1ccccc1-n1cc(-c2nc3ccccc3n2CCN(C)C)cn1.O=C(O)C(F)(F)F. The normalized spacial score (nSPS) is 11.5. The maximum atomic E-state index is 10.6. The molecule has 4 aromatic rings. The Morgan fingerprint density at radius 2 is 1.73 bits per heavy atom. The standard InChI is InChI=1S/C21H23N5.C2HF3O2/c1-16-8-4-6-10-19(16)26-15-17(14-22-26)21-23-18-9-5-7-11-20(18)25(21)13-12-24(2)3;3-2(4,5)1(6)7/h4-11,14-15H,12-13H2,1-3H3;(H,6,7). The van der Waals surface area contributed by atoms with E-state index in [1.165, 1.54) is 5.56 Å². The molecule has 33 heavy (non-hydrogen) atoms. The van der Waals surface area contributed by atoms with Crippen LogP contribution in [0.3, 0.4) is 0 Å². The fourth-order valence-electron chi connectivity index (χ4n) is 3.21. The molecule has 0 amide bonds. The molecule has 0 radical (unpaired) electrons. The van der Waals surface area contributed by atoms with Crippen LogP contribution >= 0.6 is 0 Å². The summed E-state index contributed by atoms with van der Waals surface area (Å²) in [5.74, 6) is -1.79. The van der Waals surface area contributed by atoms with Crippen LogP contribution in [0, 0.1) is 6.92 Å². The number of aryl methyl sites for hydroxylation is 1. The first-order chi connectivity index (χ1) is 15.6. The third-order valence-electron chi connectivity index (χ3n) is 4.87.